The molecule has 0 bridgehead atoms. The molecule has 1 saturated heterocycles. The fourth-order valence-electron chi connectivity index (χ4n) is 2.64. The van der Waals surface area contributed by atoms with Crippen molar-refractivity contribution >= 4 is 18.3 Å². The fraction of sp³-hybridized carbons (Fsp3) is 0.714. The summed E-state index contributed by atoms with van der Waals surface area (Å²) in [7, 11) is 0. The minimum atomic E-state index is 0. The van der Waals surface area contributed by atoms with Crippen molar-refractivity contribution in [3.05, 3.63) is 17.0 Å². The molecular formula is C14H24ClN3O2. The largest absolute Gasteiger partial charge is 0.361 e. The minimum Gasteiger partial charge on any atom is -0.361 e. The molecule has 0 aromatic carbocycles. The number of halogens is 1. The summed E-state index contributed by atoms with van der Waals surface area (Å²) in [4.78, 5) is 12.1. The molecule has 1 aromatic rings. The van der Waals surface area contributed by atoms with Gasteiger partial charge in [0.25, 0.3) is 0 Å². The standard InChI is InChI=1S/C14H23N3O2.ClH/c1-9(12-5-4-6-15-8-12)16-14(18)7-13-10(2)17-19-11(13)3;/h9,12,15H,4-8H2,1-3H3,(H,16,18);1H. The molecule has 114 valence electrons. The molecule has 2 unspecified atom stereocenters. The molecule has 1 amide bonds. The van der Waals surface area contributed by atoms with Crippen molar-refractivity contribution in [3.63, 3.8) is 0 Å². The lowest BCUT2D eigenvalue weighted by atomic mass is 9.92. The van der Waals surface area contributed by atoms with E-state index < -0.39 is 0 Å². The van der Waals surface area contributed by atoms with Crippen LogP contribution in [-0.4, -0.2) is 30.2 Å². The van der Waals surface area contributed by atoms with Crippen LogP contribution in [0.5, 0.6) is 0 Å². The number of rotatable bonds is 4. The maximum atomic E-state index is 12.1. The SMILES string of the molecule is Cc1noc(C)c1CC(=O)NC(C)C1CCCNC1.Cl. The van der Waals surface area contributed by atoms with Gasteiger partial charge in [0.2, 0.25) is 5.91 Å². The van der Waals surface area contributed by atoms with Crippen molar-refractivity contribution < 1.29 is 9.32 Å². The number of carbonyl (C=O) groups excluding carboxylic acids is 1. The van der Waals surface area contributed by atoms with Gasteiger partial charge < -0.3 is 15.2 Å². The predicted octanol–water partition coefficient (Wildman–Crippen LogP) is 1.76. The average molecular weight is 302 g/mol. The normalized spacial score (nSPS) is 20.1. The van der Waals surface area contributed by atoms with Crippen molar-refractivity contribution in [2.24, 2.45) is 5.92 Å². The Morgan fingerprint density at radius 1 is 1.55 bits per heavy atom. The number of aryl methyl sites for hydroxylation is 2. The van der Waals surface area contributed by atoms with Gasteiger partial charge in [-0.15, -0.1) is 12.4 Å². The van der Waals surface area contributed by atoms with E-state index in [1.165, 1.54) is 12.8 Å². The Morgan fingerprint density at radius 2 is 2.30 bits per heavy atom. The Labute approximate surface area is 126 Å². The van der Waals surface area contributed by atoms with Crippen LogP contribution in [0.25, 0.3) is 0 Å². The van der Waals surface area contributed by atoms with Gasteiger partial charge in [0.05, 0.1) is 12.1 Å². The van der Waals surface area contributed by atoms with E-state index in [0.29, 0.717) is 12.3 Å². The Bertz CT molecular complexity index is 422. The van der Waals surface area contributed by atoms with Crippen molar-refractivity contribution in [1.29, 1.82) is 0 Å². The van der Waals surface area contributed by atoms with E-state index in [1.54, 1.807) is 0 Å². The molecule has 0 saturated carbocycles. The van der Waals surface area contributed by atoms with E-state index >= 15 is 0 Å². The summed E-state index contributed by atoms with van der Waals surface area (Å²) in [5, 5.41) is 10.3. The fourth-order valence-corrected chi connectivity index (χ4v) is 2.64. The zero-order chi connectivity index (χ0) is 13.8. The molecule has 2 atom stereocenters. The van der Waals surface area contributed by atoms with Gasteiger partial charge in [-0.25, -0.2) is 0 Å². The van der Waals surface area contributed by atoms with Gasteiger partial charge in [0.1, 0.15) is 5.76 Å². The van der Waals surface area contributed by atoms with Gasteiger partial charge in [-0.1, -0.05) is 5.16 Å². The lowest BCUT2D eigenvalue weighted by Gasteiger charge is -2.28. The Hall–Kier alpha value is -1.07. The molecule has 1 aliphatic heterocycles. The summed E-state index contributed by atoms with van der Waals surface area (Å²) < 4.78 is 5.08. The first-order valence-corrected chi connectivity index (χ1v) is 6.99. The predicted molar refractivity (Wildman–Crippen MR) is 80.1 cm³/mol. The summed E-state index contributed by atoms with van der Waals surface area (Å²) >= 11 is 0. The molecule has 2 N–H and O–H groups in total. The first-order chi connectivity index (χ1) is 9.08. The molecule has 20 heavy (non-hydrogen) atoms. The van der Waals surface area contributed by atoms with E-state index in [9.17, 15) is 4.79 Å². The minimum absolute atomic E-state index is 0. The lowest BCUT2D eigenvalue weighted by Crippen LogP contribution is -2.45. The smallest absolute Gasteiger partial charge is 0.224 e. The van der Waals surface area contributed by atoms with Gasteiger partial charge in [-0.2, -0.15) is 0 Å². The lowest BCUT2D eigenvalue weighted by molar-refractivity contribution is -0.121. The van der Waals surface area contributed by atoms with Crippen LogP contribution in [0, 0.1) is 19.8 Å². The number of aromatic nitrogens is 1. The molecule has 1 fully saturated rings. The van der Waals surface area contributed by atoms with E-state index in [2.05, 4.69) is 22.7 Å². The summed E-state index contributed by atoms with van der Waals surface area (Å²) in [6.45, 7) is 7.89. The van der Waals surface area contributed by atoms with E-state index in [-0.39, 0.29) is 24.4 Å². The number of nitrogens with one attached hydrogen (secondary N) is 2. The van der Waals surface area contributed by atoms with Crippen LogP contribution in [0.1, 0.15) is 36.8 Å². The zero-order valence-corrected chi connectivity index (χ0v) is 13.2. The van der Waals surface area contributed by atoms with Crippen molar-refractivity contribution in [3.8, 4) is 0 Å². The van der Waals surface area contributed by atoms with Crippen LogP contribution in [0.4, 0.5) is 0 Å². The summed E-state index contributed by atoms with van der Waals surface area (Å²) in [5.41, 5.74) is 1.71. The average Bonchev–Trinajstić information content (AvgIpc) is 2.71. The van der Waals surface area contributed by atoms with Gasteiger partial charge in [-0.05, 0) is 52.6 Å². The molecule has 2 rings (SSSR count). The quantitative estimate of drug-likeness (QED) is 0.889. The van der Waals surface area contributed by atoms with Gasteiger partial charge in [-0.3, -0.25) is 4.79 Å². The number of hydrogen-bond donors (Lipinski definition) is 2. The van der Waals surface area contributed by atoms with Crippen LogP contribution in [0.15, 0.2) is 4.52 Å². The third kappa shape index (κ3) is 4.21. The maximum absolute atomic E-state index is 12.1. The van der Waals surface area contributed by atoms with Crippen molar-refractivity contribution in [1.82, 2.24) is 15.8 Å². The third-order valence-electron chi connectivity index (χ3n) is 3.95. The Morgan fingerprint density at radius 3 is 2.85 bits per heavy atom. The van der Waals surface area contributed by atoms with Crippen LogP contribution >= 0.6 is 12.4 Å². The molecule has 0 aliphatic carbocycles. The van der Waals surface area contributed by atoms with Crippen LogP contribution in [-0.2, 0) is 11.2 Å². The highest BCUT2D eigenvalue weighted by molar-refractivity contribution is 5.85. The zero-order valence-electron chi connectivity index (χ0n) is 12.4. The molecule has 6 heteroatoms. The molecule has 0 radical (unpaired) electrons. The molecule has 0 spiro atoms. The summed E-state index contributed by atoms with van der Waals surface area (Å²) in [6, 6.07) is 0.209. The number of piperidine rings is 1. The topological polar surface area (TPSA) is 67.2 Å². The van der Waals surface area contributed by atoms with Crippen LogP contribution in [0.3, 0.4) is 0 Å². The summed E-state index contributed by atoms with van der Waals surface area (Å²) in [6.07, 6.45) is 2.72. The second-order valence-electron chi connectivity index (χ2n) is 5.44. The second-order valence-corrected chi connectivity index (χ2v) is 5.44. The van der Waals surface area contributed by atoms with Gasteiger partial charge >= 0.3 is 0 Å². The molecular weight excluding hydrogens is 278 g/mol. The van der Waals surface area contributed by atoms with E-state index in [0.717, 1.165) is 30.1 Å². The second kappa shape index (κ2) is 7.64. The Balaban J connectivity index is 0.00000200. The first kappa shape index (κ1) is 17.0. The number of amides is 1. The number of nitrogens with zero attached hydrogens (tertiary/aromatic N) is 1. The number of carbonyl (C=O) groups is 1. The van der Waals surface area contributed by atoms with Crippen LogP contribution < -0.4 is 10.6 Å². The highest BCUT2D eigenvalue weighted by Gasteiger charge is 2.22. The molecule has 5 nitrogen and oxygen atoms in total. The first-order valence-electron chi connectivity index (χ1n) is 6.99. The highest BCUT2D eigenvalue weighted by atomic mass is 35.5. The van der Waals surface area contributed by atoms with E-state index in [1.807, 2.05) is 13.8 Å². The monoisotopic (exact) mass is 301 g/mol. The third-order valence-corrected chi connectivity index (χ3v) is 3.95. The molecule has 2 heterocycles. The number of hydrogen-bond acceptors (Lipinski definition) is 4. The van der Waals surface area contributed by atoms with E-state index in [4.69, 9.17) is 4.52 Å². The maximum Gasteiger partial charge on any atom is 0.224 e. The summed E-state index contributed by atoms with van der Waals surface area (Å²) in [5.74, 6) is 1.31. The van der Waals surface area contributed by atoms with Crippen LogP contribution in [0.2, 0.25) is 0 Å². The molecule has 1 aliphatic rings. The molecule has 1 aromatic heterocycles. The van der Waals surface area contributed by atoms with Crippen molar-refractivity contribution in [2.75, 3.05) is 13.1 Å². The van der Waals surface area contributed by atoms with Crippen molar-refractivity contribution in [2.45, 2.75) is 46.1 Å². The van der Waals surface area contributed by atoms with Gasteiger partial charge in [0.15, 0.2) is 0 Å². The Kier molecular flexibility index (Phi) is 6.49. The van der Waals surface area contributed by atoms with Gasteiger partial charge in [0, 0.05) is 11.6 Å². The highest BCUT2D eigenvalue weighted by Crippen LogP contribution is 2.16.